The van der Waals surface area contributed by atoms with Crippen molar-refractivity contribution in [3.63, 3.8) is 0 Å². The molecule has 1 unspecified atom stereocenters. The average molecular weight is 270 g/mol. The molecule has 1 heterocycles. The highest BCUT2D eigenvalue weighted by Crippen LogP contribution is 2.22. The van der Waals surface area contributed by atoms with Crippen LogP contribution in [0.1, 0.15) is 44.7 Å². The van der Waals surface area contributed by atoms with E-state index in [1.165, 1.54) is 0 Å². The number of nitrogens with one attached hydrogen (secondary N) is 1. The molecule has 18 heavy (non-hydrogen) atoms. The van der Waals surface area contributed by atoms with Gasteiger partial charge in [0.15, 0.2) is 0 Å². The third kappa shape index (κ3) is 3.96. The van der Waals surface area contributed by atoms with Crippen LogP contribution in [-0.4, -0.2) is 22.6 Å². The molecule has 4 N–H and O–H groups in total. The molecule has 0 aromatic carbocycles. The second-order valence-electron chi connectivity index (χ2n) is 4.90. The Kier molecular flexibility index (Phi) is 5.55. The van der Waals surface area contributed by atoms with Crippen LogP contribution in [-0.2, 0) is 0 Å². The summed E-state index contributed by atoms with van der Waals surface area (Å²) in [5.74, 6) is 0.270. The molecule has 0 aliphatic carbocycles. The lowest BCUT2D eigenvalue weighted by molar-refractivity contribution is 0.304. The molecule has 1 aromatic heterocycles. The first-order valence-electron chi connectivity index (χ1n) is 6.12. The third-order valence-corrected chi connectivity index (χ3v) is 3.99. The van der Waals surface area contributed by atoms with Gasteiger partial charge in [0.2, 0.25) is 0 Å². The van der Waals surface area contributed by atoms with E-state index in [0.29, 0.717) is 0 Å². The number of rotatable bonds is 7. The van der Waals surface area contributed by atoms with E-state index in [4.69, 9.17) is 10.9 Å². The Hall–Kier alpha value is -1.14. The van der Waals surface area contributed by atoms with Gasteiger partial charge < -0.3 is 16.3 Å². The lowest BCUT2D eigenvalue weighted by Gasteiger charge is -2.24. The summed E-state index contributed by atoms with van der Waals surface area (Å²) in [6.07, 6.45) is 3.63. The quantitative estimate of drug-likeness (QED) is 0.307. The number of hydrogen-bond donors (Lipinski definition) is 3. The second kappa shape index (κ2) is 6.70. The zero-order valence-electron chi connectivity index (χ0n) is 11.2. The Morgan fingerprint density at radius 1 is 1.67 bits per heavy atom. The van der Waals surface area contributed by atoms with Gasteiger partial charge in [0, 0.05) is 17.0 Å². The van der Waals surface area contributed by atoms with Gasteiger partial charge in [0.05, 0.1) is 6.04 Å². The zero-order chi connectivity index (χ0) is 13.6. The van der Waals surface area contributed by atoms with Crippen molar-refractivity contribution < 1.29 is 5.21 Å². The number of thiazole rings is 1. The Morgan fingerprint density at radius 2 is 2.39 bits per heavy atom. The van der Waals surface area contributed by atoms with Gasteiger partial charge >= 0.3 is 0 Å². The molecule has 1 aromatic rings. The molecule has 0 bridgehead atoms. The van der Waals surface area contributed by atoms with Crippen LogP contribution in [0.5, 0.6) is 0 Å². The summed E-state index contributed by atoms with van der Waals surface area (Å²) in [6, 6.07) is 0.285. The van der Waals surface area contributed by atoms with E-state index in [1.807, 2.05) is 25.4 Å². The molecule has 0 amide bonds. The average Bonchev–Trinajstić information content (AvgIpc) is 2.87. The van der Waals surface area contributed by atoms with E-state index < -0.39 is 0 Å². The van der Waals surface area contributed by atoms with Crippen LogP contribution in [0.4, 0.5) is 0 Å². The molecule has 0 aliphatic rings. The highest BCUT2D eigenvalue weighted by Gasteiger charge is 2.23. The van der Waals surface area contributed by atoms with E-state index in [2.05, 4.69) is 22.4 Å². The predicted molar refractivity (Wildman–Crippen MR) is 75.0 cm³/mol. The van der Waals surface area contributed by atoms with E-state index in [9.17, 15) is 0 Å². The minimum absolute atomic E-state index is 0.270. The van der Waals surface area contributed by atoms with Gasteiger partial charge in [-0.2, -0.15) is 0 Å². The van der Waals surface area contributed by atoms with Crippen LogP contribution in [0.3, 0.4) is 0 Å². The summed E-state index contributed by atoms with van der Waals surface area (Å²) in [5, 5.41) is 18.4. The lowest BCUT2D eigenvalue weighted by Crippen LogP contribution is -2.35. The lowest BCUT2D eigenvalue weighted by atomic mass is 9.88. The standard InChI is InChI=1S/C12H22N4OS/c1-4-9(10-15-7-8-18-10)14-6-5-12(2,3)11(13)16-17/h7-9,14,17H,4-6H2,1-3H3,(H2,13,16). The molecule has 5 nitrogen and oxygen atoms in total. The maximum Gasteiger partial charge on any atom is 0.144 e. The largest absolute Gasteiger partial charge is 0.409 e. The van der Waals surface area contributed by atoms with Crippen LogP contribution in [0.15, 0.2) is 16.7 Å². The van der Waals surface area contributed by atoms with Gasteiger partial charge in [-0.3, -0.25) is 0 Å². The van der Waals surface area contributed by atoms with Crippen molar-refractivity contribution in [3.8, 4) is 0 Å². The smallest absolute Gasteiger partial charge is 0.144 e. The fourth-order valence-electron chi connectivity index (χ4n) is 1.64. The number of aromatic nitrogens is 1. The van der Waals surface area contributed by atoms with Crippen LogP contribution in [0.25, 0.3) is 0 Å². The predicted octanol–water partition coefficient (Wildman–Crippen LogP) is 2.35. The minimum atomic E-state index is -0.303. The van der Waals surface area contributed by atoms with Gasteiger partial charge in [-0.1, -0.05) is 25.9 Å². The van der Waals surface area contributed by atoms with Crippen LogP contribution < -0.4 is 11.1 Å². The molecule has 6 heteroatoms. The van der Waals surface area contributed by atoms with Gasteiger partial charge in [-0.05, 0) is 19.4 Å². The van der Waals surface area contributed by atoms with Crippen LogP contribution in [0, 0.1) is 5.41 Å². The molecule has 0 saturated heterocycles. The van der Waals surface area contributed by atoms with E-state index >= 15 is 0 Å². The molecule has 1 rings (SSSR count). The maximum absolute atomic E-state index is 8.71. The van der Waals surface area contributed by atoms with E-state index in [0.717, 1.165) is 24.4 Å². The first-order chi connectivity index (χ1) is 8.51. The maximum atomic E-state index is 8.71. The fraction of sp³-hybridized carbons (Fsp3) is 0.667. The number of hydrogen-bond acceptors (Lipinski definition) is 5. The zero-order valence-corrected chi connectivity index (χ0v) is 12.0. The molecule has 0 radical (unpaired) electrons. The van der Waals surface area contributed by atoms with Crippen molar-refractivity contribution in [2.45, 2.75) is 39.7 Å². The number of nitrogens with two attached hydrogens (primary N) is 1. The summed E-state index contributed by atoms with van der Waals surface area (Å²) in [5.41, 5.74) is 5.35. The number of nitrogens with zero attached hydrogens (tertiary/aromatic N) is 2. The normalized spacial score (nSPS) is 14.7. The van der Waals surface area contributed by atoms with Crippen LogP contribution in [0.2, 0.25) is 0 Å². The highest BCUT2D eigenvalue weighted by molar-refractivity contribution is 7.09. The summed E-state index contributed by atoms with van der Waals surface area (Å²) < 4.78 is 0. The molecule has 0 aliphatic heterocycles. The number of oxime groups is 1. The molecule has 1 atom stereocenters. The van der Waals surface area contributed by atoms with Crippen molar-refractivity contribution in [3.05, 3.63) is 16.6 Å². The first-order valence-corrected chi connectivity index (χ1v) is 7.00. The number of amidine groups is 1. The minimum Gasteiger partial charge on any atom is -0.409 e. The van der Waals surface area contributed by atoms with Crippen molar-refractivity contribution in [1.82, 2.24) is 10.3 Å². The SMILES string of the molecule is CCC(NCCC(C)(C)C(N)=NO)c1nccs1. The van der Waals surface area contributed by atoms with Gasteiger partial charge in [0.1, 0.15) is 10.8 Å². The van der Waals surface area contributed by atoms with Crippen LogP contribution >= 0.6 is 11.3 Å². The van der Waals surface area contributed by atoms with Crippen molar-refractivity contribution >= 4 is 17.2 Å². The molecular weight excluding hydrogens is 248 g/mol. The molecule has 0 saturated carbocycles. The first kappa shape index (κ1) is 14.9. The summed E-state index contributed by atoms with van der Waals surface area (Å²) in [6.45, 7) is 6.87. The van der Waals surface area contributed by atoms with Crippen molar-refractivity contribution in [2.24, 2.45) is 16.3 Å². The summed E-state index contributed by atoms with van der Waals surface area (Å²) in [4.78, 5) is 4.32. The third-order valence-electron chi connectivity index (χ3n) is 3.10. The Bertz CT molecular complexity index is 375. The van der Waals surface area contributed by atoms with E-state index in [-0.39, 0.29) is 17.3 Å². The highest BCUT2D eigenvalue weighted by atomic mass is 32.1. The van der Waals surface area contributed by atoms with Crippen molar-refractivity contribution in [2.75, 3.05) is 6.54 Å². The Balaban J connectivity index is 2.46. The fourth-order valence-corrected chi connectivity index (χ4v) is 2.43. The molecule has 0 spiro atoms. The topological polar surface area (TPSA) is 83.5 Å². The second-order valence-corrected chi connectivity index (χ2v) is 5.83. The molecule has 102 valence electrons. The summed E-state index contributed by atoms with van der Waals surface area (Å²) >= 11 is 1.66. The Labute approximate surface area is 112 Å². The molecular formula is C12H22N4OS. The Morgan fingerprint density at radius 3 is 2.89 bits per heavy atom. The molecule has 0 fully saturated rings. The van der Waals surface area contributed by atoms with E-state index in [1.54, 1.807) is 11.3 Å². The monoisotopic (exact) mass is 270 g/mol. The van der Waals surface area contributed by atoms with Gasteiger partial charge in [-0.15, -0.1) is 11.3 Å². The summed E-state index contributed by atoms with van der Waals surface area (Å²) in [7, 11) is 0. The van der Waals surface area contributed by atoms with Crippen molar-refractivity contribution in [1.29, 1.82) is 0 Å². The van der Waals surface area contributed by atoms with Gasteiger partial charge in [-0.25, -0.2) is 4.98 Å². The van der Waals surface area contributed by atoms with Gasteiger partial charge in [0.25, 0.3) is 0 Å².